The van der Waals surface area contributed by atoms with Gasteiger partial charge in [-0.3, -0.25) is 8.98 Å². The molecular formula is C16H22O5S. The van der Waals surface area contributed by atoms with Gasteiger partial charge in [-0.2, -0.15) is 8.42 Å². The molecule has 0 amide bonds. The second-order valence-corrected chi connectivity index (χ2v) is 6.82. The van der Waals surface area contributed by atoms with Crippen LogP contribution in [0.15, 0.2) is 41.3 Å². The molecule has 1 rings (SSSR count). The molecule has 1 aromatic rings. The van der Waals surface area contributed by atoms with E-state index in [0.717, 1.165) is 11.1 Å². The van der Waals surface area contributed by atoms with Crippen LogP contribution >= 0.6 is 0 Å². The molecule has 0 fully saturated rings. The maximum Gasteiger partial charge on any atom is 0.306 e. The Morgan fingerprint density at radius 3 is 2.36 bits per heavy atom. The normalized spacial score (nSPS) is 12.7. The Hall–Kier alpha value is -1.66. The Morgan fingerprint density at radius 1 is 1.27 bits per heavy atom. The zero-order chi connectivity index (χ0) is 16.8. The number of benzene rings is 1. The number of rotatable bonds is 8. The summed E-state index contributed by atoms with van der Waals surface area (Å²) < 4.78 is 33.7. The van der Waals surface area contributed by atoms with E-state index >= 15 is 0 Å². The monoisotopic (exact) mass is 326 g/mol. The van der Waals surface area contributed by atoms with Crippen molar-refractivity contribution in [2.45, 2.75) is 31.6 Å². The smallest absolute Gasteiger partial charge is 0.306 e. The van der Waals surface area contributed by atoms with Gasteiger partial charge in [0, 0.05) is 0 Å². The molecule has 22 heavy (non-hydrogen) atoms. The lowest BCUT2D eigenvalue weighted by Crippen LogP contribution is -2.15. The van der Waals surface area contributed by atoms with Crippen LogP contribution in [0.25, 0.3) is 0 Å². The molecule has 6 heteroatoms. The highest BCUT2D eigenvalue weighted by molar-refractivity contribution is 7.86. The molecular weight excluding hydrogens is 304 g/mol. The van der Waals surface area contributed by atoms with Gasteiger partial charge >= 0.3 is 5.97 Å². The van der Waals surface area contributed by atoms with Crippen molar-refractivity contribution in [2.75, 3.05) is 13.7 Å². The lowest BCUT2D eigenvalue weighted by Gasteiger charge is -2.15. The predicted octanol–water partition coefficient (Wildman–Crippen LogP) is 2.85. The summed E-state index contributed by atoms with van der Waals surface area (Å²) in [6.45, 7) is 7.47. The summed E-state index contributed by atoms with van der Waals surface area (Å²) in [5.74, 6) is -0.518. The van der Waals surface area contributed by atoms with Gasteiger partial charge in [0.2, 0.25) is 0 Å². The molecule has 0 saturated carbocycles. The van der Waals surface area contributed by atoms with Crippen LogP contribution in [0, 0.1) is 12.8 Å². The fourth-order valence-corrected chi connectivity index (χ4v) is 2.80. The van der Waals surface area contributed by atoms with E-state index in [1.165, 1.54) is 19.2 Å². The van der Waals surface area contributed by atoms with Crippen LogP contribution in [0.4, 0.5) is 0 Å². The molecule has 0 aliphatic rings. The predicted molar refractivity (Wildman–Crippen MR) is 83.9 cm³/mol. The number of aryl methyl sites for hydroxylation is 1. The molecule has 0 heterocycles. The van der Waals surface area contributed by atoms with E-state index in [9.17, 15) is 13.2 Å². The molecule has 1 aromatic carbocycles. The van der Waals surface area contributed by atoms with Gasteiger partial charge in [-0.15, -0.1) is 0 Å². The maximum atomic E-state index is 12.0. The number of carbonyl (C=O) groups excluding carboxylic acids is 1. The minimum absolute atomic E-state index is 0.00920. The highest BCUT2D eigenvalue weighted by Crippen LogP contribution is 2.20. The van der Waals surface area contributed by atoms with Crippen LogP contribution in [-0.4, -0.2) is 28.1 Å². The van der Waals surface area contributed by atoms with E-state index < -0.39 is 10.1 Å². The summed E-state index contributed by atoms with van der Waals surface area (Å²) >= 11 is 0. The zero-order valence-corrected chi connectivity index (χ0v) is 14.0. The summed E-state index contributed by atoms with van der Waals surface area (Å²) in [5.41, 5.74) is 1.76. The van der Waals surface area contributed by atoms with Gasteiger partial charge in [0.05, 0.1) is 25.0 Å². The first-order valence-corrected chi connectivity index (χ1v) is 8.35. The van der Waals surface area contributed by atoms with E-state index in [-0.39, 0.29) is 29.8 Å². The lowest BCUT2D eigenvalue weighted by molar-refractivity contribution is -0.141. The van der Waals surface area contributed by atoms with Gasteiger partial charge in [0.1, 0.15) is 0 Å². The molecule has 0 bridgehead atoms. The number of hydrogen-bond acceptors (Lipinski definition) is 5. The molecule has 5 nitrogen and oxygen atoms in total. The fraction of sp³-hybridized carbons (Fsp3) is 0.438. The number of ether oxygens (including phenoxy) is 1. The van der Waals surface area contributed by atoms with Crippen molar-refractivity contribution in [1.82, 2.24) is 0 Å². The second kappa shape index (κ2) is 8.10. The Bertz CT molecular complexity index is 616. The molecule has 122 valence electrons. The lowest BCUT2D eigenvalue weighted by atomic mass is 9.95. The summed E-state index contributed by atoms with van der Waals surface area (Å²) in [6, 6.07) is 6.44. The van der Waals surface area contributed by atoms with Crippen molar-refractivity contribution in [1.29, 1.82) is 0 Å². The van der Waals surface area contributed by atoms with Crippen molar-refractivity contribution < 1.29 is 22.1 Å². The average Bonchev–Trinajstić information content (AvgIpc) is 2.46. The van der Waals surface area contributed by atoms with E-state index in [1.54, 1.807) is 19.1 Å². The third kappa shape index (κ3) is 5.61. The number of carbonyl (C=O) groups is 1. The van der Waals surface area contributed by atoms with Crippen LogP contribution in [0.1, 0.15) is 25.3 Å². The molecule has 0 aliphatic carbocycles. The average molecular weight is 326 g/mol. The third-order valence-electron chi connectivity index (χ3n) is 3.35. The van der Waals surface area contributed by atoms with Crippen LogP contribution in [0.5, 0.6) is 0 Å². The first-order chi connectivity index (χ1) is 10.3. The summed E-state index contributed by atoms with van der Waals surface area (Å²) in [4.78, 5) is 11.4. The molecule has 0 spiro atoms. The van der Waals surface area contributed by atoms with Crippen molar-refractivity contribution in [2.24, 2.45) is 5.92 Å². The zero-order valence-electron chi connectivity index (χ0n) is 13.2. The second-order valence-electron chi connectivity index (χ2n) is 5.20. The third-order valence-corrected chi connectivity index (χ3v) is 4.68. The quantitative estimate of drug-likeness (QED) is 0.417. The Balaban J connectivity index is 2.62. The molecule has 0 radical (unpaired) electrons. The highest BCUT2D eigenvalue weighted by Gasteiger charge is 2.19. The number of methoxy groups -OCH3 is 1. The van der Waals surface area contributed by atoms with Crippen molar-refractivity contribution >= 4 is 16.1 Å². The maximum absolute atomic E-state index is 12.0. The highest BCUT2D eigenvalue weighted by atomic mass is 32.2. The van der Waals surface area contributed by atoms with E-state index in [2.05, 4.69) is 11.3 Å². The Kier molecular flexibility index (Phi) is 6.77. The molecule has 0 N–H and O–H groups in total. The standard InChI is InChI=1S/C16H22O5S/c1-12(2)14(11-16(17)20-4)9-10-21-22(18,19)15-7-5-13(3)6-8-15/h5-8,14H,1,9-11H2,2-4H3/t14-/m1/s1. The summed E-state index contributed by atoms with van der Waals surface area (Å²) in [7, 11) is -2.46. The van der Waals surface area contributed by atoms with Crippen molar-refractivity contribution in [3.8, 4) is 0 Å². The van der Waals surface area contributed by atoms with E-state index in [0.29, 0.717) is 6.42 Å². The number of hydrogen-bond donors (Lipinski definition) is 0. The number of esters is 1. The van der Waals surface area contributed by atoms with Crippen LogP contribution in [0.3, 0.4) is 0 Å². The van der Waals surface area contributed by atoms with Crippen molar-refractivity contribution in [3.63, 3.8) is 0 Å². The minimum Gasteiger partial charge on any atom is -0.469 e. The first-order valence-electron chi connectivity index (χ1n) is 6.94. The van der Waals surface area contributed by atoms with Gasteiger partial charge in [0.25, 0.3) is 10.1 Å². The van der Waals surface area contributed by atoms with Gasteiger partial charge < -0.3 is 4.74 Å². The molecule has 0 unspecified atom stereocenters. The van der Waals surface area contributed by atoms with Gasteiger partial charge in [0.15, 0.2) is 0 Å². The minimum atomic E-state index is -3.78. The summed E-state index contributed by atoms with van der Waals surface area (Å²) in [5, 5.41) is 0. The van der Waals surface area contributed by atoms with Gasteiger partial charge in [-0.05, 0) is 38.3 Å². The SMILES string of the molecule is C=C(C)[C@H](CCOS(=O)(=O)c1ccc(C)cc1)CC(=O)OC. The molecule has 0 aliphatic heterocycles. The fourth-order valence-electron chi connectivity index (χ4n) is 1.88. The van der Waals surface area contributed by atoms with Gasteiger partial charge in [-0.1, -0.05) is 29.8 Å². The van der Waals surface area contributed by atoms with Gasteiger partial charge in [-0.25, -0.2) is 0 Å². The van der Waals surface area contributed by atoms with E-state index in [1.807, 2.05) is 6.92 Å². The summed E-state index contributed by atoms with van der Waals surface area (Å²) in [6.07, 6.45) is 0.551. The Labute approximate surface area is 132 Å². The first kappa shape index (κ1) is 18.4. The largest absolute Gasteiger partial charge is 0.469 e. The Morgan fingerprint density at radius 2 is 1.86 bits per heavy atom. The number of allylic oxidation sites excluding steroid dienone is 1. The molecule has 0 saturated heterocycles. The topological polar surface area (TPSA) is 69.7 Å². The van der Waals surface area contributed by atoms with E-state index in [4.69, 9.17) is 4.18 Å². The van der Waals surface area contributed by atoms with Crippen LogP contribution in [0.2, 0.25) is 0 Å². The van der Waals surface area contributed by atoms with Crippen LogP contribution < -0.4 is 0 Å². The molecule has 1 atom stereocenters. The van der Waals surface area contributed by atoms with Crippen molar-refractivity contribution in [3.05, 3.63) is 42.0 Å². The van der Waals surface area contributed by atoms with Crippen LogP contribution in [-0.2, 0) is 23.8 Å². The molecule has 0 aromatic heterocycles.